The number of nitrogens with zero attached hydrogens (tertiary/aromatic N) is 4. The van der Waals surface area contributed by atoms with E-state index < -0.39 is 0 Å². The second kappa shape index (κ2) is 35.2. The molecule has 5 aromatic rings. The van der Waals surface area contributed by atoms with Gasteiger partial charge in [0.15, 0.2) is 0 Å². The van der Waals surface area contributed by atoms with Crippen LogP contribution in [0.2, 0.25) is 0 Å². The van der Waals surface area contributed by atoms with Crippen LogP contribution >= 0.6 is 11.3 Å². The van der Waals surface area contributed by atoms with Crippen LogP contribution in [0.5, 0.6) is 0 Å². The van der Waals surface area contributed by atoms with Gasteiger partial charge in [-0.3, -0.25) is 20.4 Å². The Bertz CT molecular complexity index is 2070. The van der Waals surface area contributed by atoms with E-state index in [1.165, 1.54) is 204 Å². The number of hydrogen-bond donors (Lipinski definition) is 4. The Hall–Kier alpha value is -4.06. The van der Waals surface area contributed by atoms with Gasteiger partial charge in [-0.05, 0) is 62.1 Å². The number of hydrazine groups is 2. The molecule has 0 aliphatic heterocycles. The first-order chi connectivity index (χ1) is 34.9. The van der Waals surface area contributed by atoms with Crippen molar-refractivity contribution in [3.05, 3.63) is 81.1 Å². The molecule has 5 rings (SSSR count). The number of fused-ring (bicyclic) bond motifs is 2. The number of carbonyl (C=O) groups excluding carboxylic acids is 2. The molecule has 0 radical (unpaired) electrons. The van der Waals surface area contributed by atoms with Crippen molar-refractivity contribution >= 4 is 45.2 Å². The molecule has 2 amide bonds. The van der Waals surface area contributed by atoms with Gasteiger partial charge in [-0.1, -0.05) is 231 Å². The predicted octanol–water partition coefficient (Wildman–Crippen LogP) is 16.5. The van der Waals surface area contributed by atoms with Crippen molar-refractivity contribution in [2.45, 2.75) is 259 Å². The molecular formula is C60H96N8O2S. The SMILES string of the molecule is CCCCCCCCCCCCCCCCCCn1c(CNNC(=O)c2sc(C(=O)NNCc3nc4ccccc4n3CCCCCCCCCCCCCCCCCC)c(C)c2C)nc2ccccc21. The molecule has 4 N–H and O–H groups in total. The summed E-state index contributed by atoms with van der Waals surface area (Å²) < 4.78 is 4.59. The molecule has 0 spiro atoms. The van der Waals surface area contributed by atoms with Gasteiger partial charge in [0.1, 0.15) is 11.6 Å². The van der Waals surface area contributed by atoms with Crippen LogP contribution in [-0.4, -0.2) is 30.9 Å². The lowest BCUT2D eigenvalue weighted by Gasteiger charge is -2.11. The number of amides is 2. The monoisotopic (exact) mass is 993 g/mol. The summed E-state index contributed by atoms with van der Waals surface area (Å²) in [5.41, 5.74) is 17.9. The number of unbranched alkanes of at least 4 members (excludes halogenated alkanes) is 30. The Morgan fingerprint density at radius 2 is 0.704 bits per heavy atom. The van der Waals surface area contributed by atoms with Crippen molar-refractivity contribution in [1.29, 1.82) is 0 Å². The van der Waals surface area contributed by atoms with Crippen molar-refractivity contribution in [2.24, 2.45) is 0 Å². The Morgan fingerprint density at radius 3 is 1.01 bits per heavy atom. The van der Waals surface area contributed by atoms with Gasteiger partial charge in [-0.25, -0.2) is 20.8 Å². The second-order valence-electron chi connectivity index (χ2n) is 20.6. The zero-order chi connectivity index (χ0) is 50.1. The molecular weight excluding hydrogens is 897 g/mol. The lowest BCUT2D eigenvalue weighted by molar-refractivity contribution is 0.0928. The number of para-hydroxylation sites is 4. The van der Waals surface area contributed by atoms with E-state index in [1.54, 1.807) is 0 Å². The highest BCUT2D eigenvalue weighted by molar-refractivity contribution is 7.16. The van der Waals surface area contributed by atoms with Crippen molar-refractivity contribution in [1.82, 2.24) is 40.8 Å². The number of nitrogens with one attached hydrogen (secondary N) is 4. The summed E-state index contributed by atoms with van der Waals surface area (Å²) in [4.78, 5) is 38.0. The number of thiophene rings is 1. The third-order valence-corrected chi connectivity index (χ3v) is 16.1. The number of rotatable bonds is 42. The summed E-state index contributed by atoms with van der Waals surface area (Å²) in [6.45, 7) is 11.0. The fourth-order valence-electron chi connectivity index (χ4n) is 10.2. The van der Waals surface area contributed by atoms with Gasteiger partial charge in [-0.2, -0.15) is 0 Å². The van der Waals surface area contributed by atoms with Crippen LogP contribution in [0.4, 0.5) is 0 Å². The molecule has 71 heavy (non-hydrogen) atoms. The molecule has 0 aliphatic rings. The lowest BCUT2D eigenvalue weighted by Crippen LogP contribution is -2.37. The first-order valence-corrected chi connectivity index (χ1v) is 29.8. The predicted molar refractivity (Wildman–Crippen MR) is 301 cm³/mol. The highest BCUT2D eigenvalue weighted by Crippen LogP contribution is 2.28. The van der Waals surface area contributed by atoms with Gasteiger partial charge in [-0.15, -0.1) is 11.3 Å². The number of imidazole rings is 2. The molecule has 0 aliphatic carbocycles. The minimum Gasteiger partial charge on any atom is -0.327 e. The Balaban J connectivity index is 0.984. The Morgan fingerprint density at radius 1 is 0.423 bits per heavy atom. The van der Waals surface area contributed by atoms with Crippen LogP contribution in [0.15, 0.2) is 48.5 Å². The average Bonchev–Trinajstić information content (AvgIpc) is 4.02. The molecule has 394 valence electrons. The summed E-state index contributed by atoms with van der Waals surface area (Å²) >= 11 is 1.22. The fraction of sp³-hybridized carbons (Fsp3) is 0.667. The molecule has 3 heterocycles. The number of hydrogen-bond acceptors (Lipinski definition) is 7. The fourth-order valence-corrected chi connectivity index (χ4v) is 11.3. The zero-order valence-corrected chi connectivity index (χ0v) is 45.9. The molecule has 0 saturated heterocycles. The van der Waals surface area contributed by atoms with Crippen LogP contribution in [0, 0.1) is 13.8 Å². The molecule has 0 fully saturated rings. The van der Waals surface area contributed by atoms with Gasteiger partial charge in [0, 0.05) is 13.1 Å². The number of carbonyl (C=O) groups is 2. The van der Waals surface area contributed by atoms with E-state index in [1.807, 2.05) is 26.0 Å². The van der Waals surface area contributed by atoms with E-state index in [4.69, 9.17) is 9.97 Å². The second-order valence-corrected chi connectivity index (χ2v) is 21.6. The van der Waals surface area contributed by atoms with E-state index in [-0.39, 0.29) is 11.8 Å². The largest absolute Gasteiger partial charge is 0.327 e. The summed E-state index contributed by atoms with van der Waals surface area (Å²) in [5.74, 6) is 1.28. The third-order valence-electron chi connectivity index (χ3n) is 14.7. The summed E-state index contributed by atoms with van der Waals surface area (Å²) in [7, 11) is 0. The van der Waals surface area contributed by atoms with Gasteiger partial charge in [0.25, 0.3) is 11.8 Å². The summed E-state index contributed by atoms with van der Waals surface area (Å²) in [5, 5.41) is 0. The first-order valence-electron chi connectivity index (χ1n) is 29.0. The maximum Gasteiger partial charge on any atom is 0.275 e. The van der Waals surface area contributed by atoms with E-state index in [9.17, 15) is 9.59 Å². The summed E-state index contributed by atoms with van der Waals surface area (Å²) in [6, 6.07) is 16.6. The first kappa shape index (κ1) is 57.8. The van der Waals surface area contributed by atoms with Gasteiger partial charge in [0.2, 0.25) is 0 Å². The van der Waals surface area contributed by atoms with Crippen molar-refractivity contribution in [2.75, 3.05) is 0 Å². The lowest BCUT2D eigenvalue weighted by atomic mass is 10.0. The molecule has 3 aromatic heterocycles. The number of aryl methyl sites for hydroxylation is 2. The van der Waals surface area contributed by atoms with Crippen LogP contribution in [0.1, 0.15) is 261 Å². The average molecular weight is 994 g/mol. The van der Waals surface area contributed by atoms with Gasteiger partial charge in [0.05, 0.1) is 44.9 Å². The minimum atomic E-state index is -0.258. The van der Waals surface area contributed by atoms with E-state index in [2.05, 4.69) is 81.1 Å². The standard InChI is InChI=1S/C60H96N8O2S/c1-5-7-9-11-13-15-17-19-21-23-25-27-29-31-33-39-45-67-53-43-37-35-41-51(53)63-55(67)47-61-65-59(69)57-49(3)50(4)58(71-57)60(70)66-62-48-56-64-52-42-36-38-44-54(52)68(56)46-40-34-32-30-28-26-24-22-20-18-16-14-12-10-8-6-2/h35-38,41-44,61-62H,5-34,39-40,45-48H2,1-4H3,(H,65,69)(H,66,70). The van der Waals surface area contributed by atoms with Crippen LogP contribution < -0.4 is 21.7 Å². The maximum absolute atomic E-state index is 13.6. The molecule has 0 saturated carbocycles. The van der Waals surface area contributed by atoms with Crippen molar-refractivity contribution < 1.29 is 9.59 Å². The molecule has 0 atom stereocenters. The Kier molecular flexibility index (Phi) is 28.6. The van der Waals surface area contributed by atoms with Gasteiger partial charge < -0.3 is 9.13 Å². The maximum atomic E-state index is 13.6. The van der Waals surface area contributed by atoms with E-state index in [0.29, 0.717) is 22.8 Å². The minimum absolute atomic E-state index is 0.258. The highest BCUT2D eigenvalue weighted by atomic mass is 32.1. The van der Waals surface area contributed by atoms with Crippen LogP contribution in [0.3, 0.4) is 0 Å². The van der Waals surface area contributed by atoms with Crippen LogP contribution in [-0.2, 0) is 26.2 Å². The van der Waals surface area contributed by atoms with Crippen molar-refractivity contribution in [3.63, 3.8) is 0 Å². The van der Waals surface area contributed by atoms with E-state index in [0.717, 1.165) is 70.8 Å². The topological polar surface area (TPSA) is 118 Å². The quantitative estimate of drug-likeness (QED) is 0.0228. The molecule has 10 nitrogen and oxygen atoms in total. The molecule has 0 bridgehead atoms. The smallest absolute Gasteiger partial charge is 0.275 e. The molecule has 2 aromatic carbocycles. The number of benzene rings is 2. The molecule has 0 unspecified atom stereocenters. The summed E-state index contributed by atoms with van der Waals surface area (Å²) in [6.07, 6.45) is 43.3. The number of aromatic nitrogens is 4. The third kappa shape index (κ3) is 20.8. The van der Waals surface area contributed by atoms with Crippen molar-refractivity contribution in [3.8, 4) is 0 Å². The Labute approximate surface area is 434 Å². The zero-order valence-electron chi connectivity index (χ0n) is 45.1. The normalized spacial score (nSPS) is 11.7. The molecule has 11 heteroatoms. The van der Waals surface area contributed by atoms with Crippen LogP contribution in [0.25, 0.3) is 22.1 Å². The van der Waals surface area contributed by atoms with Gasteiger partial charge >= 0.3 is 0 Å². The van der Waals surface area contributed by atoms with E-state index >= 15 is 0 Å². The highest BCUT2D eigenvalue weighted by Gasteiger charge is 2.22.